The number of ether oxygens (including phenoxy) is 1. The number of ketones is 1. The third-order valence-corrected chi connectivity index (χ3v) is 4.10. The molecule has 1 N–H and O–H groups in total. The third-order valence-electron chi connectivity index (χ3n) is 4.10. The average Bonchev–Trinajstić information content (AvgIpc) is 3.01. The molecule has 5 nitrogen and oxygen atoms in total. The highest BCUT2D eigenvalue weighted by Crippen LogP contribution is 2.25. The molecule has 25 heavy (non-hydrogen) atoms. The quantitative estimate of drug-likeness (QED) is 0.565. The number of benzene rings is 2. The second-order valence-corrected chi connectivity index (χ2v) is 6.07. The van der Waals surface area contributed by atoms with Gasteiger partial charge >= 0.3 is 0 Å². The number of Topliss-reactive ketones (excluding diaryl/α,β-unsaturated/α-hetero) is 1. The van der Waals surface area contributed by atoms with E-state index < -0.39 is 11.7 Å². The first-order chi connectivity index (χ1) is 12.0. The van der Waals surface area contributed by atoms with Crippen LogP contribution < -0.4 is 10.1 Å². The molecule has 0 spiro atoms. The molecule has 0 radical (unpaired) electrons. The van der Waals surface area contributed by atoms with Crippen LogP contribution in [0, 0.1) is 0 Å². The molecule has 0 bridgehead atoms. The monoisotopic (exact) mass is 336 g/mol. The van der Waals surface area contributed by atoms with Crippen molar-refractivity contribution in [2.45, 2.75) is 19.9 Å². The lowest BCUT2D eigenvalue weighted by atomic mass is 10.1. The van der Waals surface area contributed by atoms with Gasteiger partial charge in [-0.15, -0.1) is 0 Å². The van der Waals surface area contributed by atoms with Crippen LogP contribution in [0.25, 0.3) is 10.9 Å². The lowest BCUT2D eigenvalue weighted by Gasteiger charge is -2.08. The van der Waals surface area contributed by atoms with E-state index in [2.05, 4.69) is 5.32 Å². The lowest BCUT2D eigenvalue weighted by Crippen LogP contribution is -2.22. The summed E-state index contributed by atoms with van der Waals surface area (Å²) in [5.41, 5.74) is 1.90. The summed E-state index contributed by atoms with van der Waals surface area (Å²) in [6.07, 6.45) is 1.76. The van der Waals surface area contributed by atoms with Crippen LogP contribution in [0.4, 0.5) is 5.69 Å². The van der Waals surface area contributed by atoms with Crippen molar-refractivity contribution in [3.8, 4) is 5.75 Å². The average molecular weight is 336 g/mol. The maximum absolute atomic E-state index is 12.7. The van der Waals surface area contributed by atoms with Crippen LogP contribution in [0.3, 0.4) is 0 Å². The van der Waals surface area contributed by atoms with Gasteiger partial charge in [-0.3, -0.25) is 9.59 Å². The number of hydrogen-bond donors (Lipinski definition) is 1. The molecule has 0 atom stereocenters. The molecular formula is C20H20N2O3. The number of para-hydroxylation sites is 1. The summed E-state index contributed by atoms with van der Waals surface area (Å²) in [6, 6.07) is 14.6. The predicted octanol–water partition coefficient (Wildman–Crippen LogP) is 4.05. The molecule has 1 amide bonds. The fourth-order valence-electron chi connectivity index (χ4n) is 2.80. The Morgan fingerprint density at radius 1 is 1.04 bits per heavy atom. The van der Waals surface area contributed by atoms with Gasteiger partial charge in [0.2, 0.25) is 0 Å². The molecule has 3 aromatic rings. The highest BCUT2D eigenvalue weighted by molar-refractivity contribution is 6.48. The molecule has 3 rings (SSSR count). The van der Waals surface area contributed by atoms with Gasteiger partial charge in [-0.1, -0.05) is 18.2 Å². The highest BCUT2D eigenvalue weighted by Gasteiger charge is 2.22. The van der Waals surface area contributed by atoms with Crippen molar-refractivity contribution in [1.82, 2.24) is 4.57 Å². The Hall–Kier alpha value is -3.08. The van der Waals surface area contributed by atoms with E-state index in [4.69, 9.17) is 4.74 Å². The molecule has 1 aromatic heterocycles. The highest BCUT2D eigenvalue weighted by atomic mass is 16.5. The summed E-state index contributed by atoms with van der Waals surface area (Å²) < 4.78 is 7.09. The fourth-order valence-corrected chi connectivity index (χ4v) is 2.80. The van der Waals surface area contributed by atoms with E-state index >= 15 is 0 Å². The molecule has 0 aliphatic rings. The normalized spacial score (nSPS) is 10.9. The summed E-state index contributed by atoms with van der Waals surface area (Å²) in [5, 5.41) is 3.42. The van der Waals surface area contributed by atoms with Crippen molar-refractivity contribution in [2.75, 3.05) is 12.4 Å². The van der Waals surface area contributed by atoms with Crippen LogP contribution in [0.5, 0.6) is 5.75 Å². The molecule has 0 aliphatic heterocycles. The van der Waals surface area contributed by atoms with E-state index in [1.807, 2.05) is 42.7 Å². The number of rotatable bonds is 5. The van der Waals surface area contributed by atoms with Gasteiger partial charge in [0.1, 0.15) is 5.75 Å². The van der Waals surface area contributed by atoms with E-state index in [1.54, 1.807) is 37.6 Å². The molecule has 0 saturated heterocycles. The maximum atomic E-state index is 12.7. The topological polar surface area (TPSA) is 60.3 Å². The van der Waals surface area contributed by atoms with E-state index in [0.29, 0.717) is 17.0 Å². The van der Waals surface area contributed by atoms with Crippen molar-refractivity contribution >= 4 is 28.3 Å². The lowest BCUT2D eigenvalue weighted by molar-refractivity contribution is -0.112. The largest absolute Gasteiger partial charge is 0.497 e. The predicted molar refractivity (Wildman–Crippen MR) is 98.3 cm³/mol. The van der Waals surface area contributed by atoms with E-state index in [-0.39, 0.29) is 6.04 Å². The van der Waals surface area contributed by atoms with Crippen LogP contribution in [-0.2, 0) is 4.79 Å². The Labute approximate surface area is 146 Å². The van der Waals surface area contributed by atoms with Crippen LogP contribution in [-0.4, -0.2) is 23.4 Å². The zero-order valence-corrected chi connectivity index (χ0v) is 14.4. The van der Waals surface area contributed by atoms with Gasteiger partial charge in [0, 0.05) is 28.8 Å². The number of anilines is 1. The molecule has 5 heteroatoms. The molecule has 0 unspecified atom stereocenters. The molecule has 0 saturated carbocycles. The summed E-state index contributed by atoms with van der Waals surface area (Å²) >= 11 is 0. The number of methoxy groups -OCH3 is 1. The zero-order valence-electron chi connectivity index (χ0n) is 14.4. The Morgan fingerprint density at radius 2 is 1.72 bits per heavy atom. The van der Waals surface area contributed by atoms with Crippen molar-refractivity contribution < 1.29 is 14.3 Å². The molecule has 1 heterocycles. The number of aromatic nitrogens is 1. The molecular weight excluding hydrogens is 316 g/mol. The minimum absolute atomic E-state index is 0.191. The van der Waals surface area contributed by atoms with Gasteiger partial charge in [-0.05, 0) is 44.2 Å². The number of hydrogen-bond acceptors (Lipinski definition) is 3. The van der Waals surface area contributed by atoms with Crippen molar-refractivity contribution in [2.24, 2.45) is 0 Å². The number of nitrogens with zero attached hydrogens (tertiary/aromatic N) is 1. The van der Waals surface area contributed by atoms with Gasteiger partial charge < -0.3 is 14.6 Å². The van der Waals surface area contributed by atoms with E-state index in [1.165, 1.54) is 0 Å². The van der Waals surface area contributed by atoms with Gasteiger partial charge in [0.05, 0.1) is 12.7 Å². The summed E-state index contributed by atoms with van der Waals surface area (Å²) in [4.78, 5) is 25.1. The summed E-state index contributed by atoms with van der Waals surface area (Å²) in [5.74, 6) is -0.521. The van der Waals surface area contributed by atoms with Gasteiger partial charge in [-0.25, -0.2) is 0 Å². The smallest absolute Gasteiger partial charge is 0.296 e. The van der Waals surface area contributed by atoms with Crippen molar-refractivity contribution in [3.05, 3.63) is 60.3 Å². The Kier molecular flexibility index (Phi) is 4.57. The second-order valence-electron chi connectivity index (χ2n) is 6.07. The number of nitrogens with one attached hydrogen (secondary N) is 1. The number of carbonyl (C=O) groups excluding carboxylic acids is 2. The standard InChI is InChI=1S/C20H20N2O3/c1-13(2)22-12-17(16-6-4-5-7-18(16)22)19(23)20(24)21-14-8-10-15(25-3)11-9-14/h4-13H,1-3H3,(H,21,24). The minimum atomic E-state index is -0.656. The van der Waals surface area contributed by atoms with Crippen molar-refractivity contribution in [1.29, 1.82) is 0 Å². The summed E-state index contributed by atoms with van der Waals surface area (Å²) in [6.45, 7) is 4.08. The van der Waals surface area contributed by atoms with Crippen LogP contribution >= 0.6 is 0 Å². The minimum Gasteiger partial charge on any atom is -0.497 e. The Bertz CT molecular complexity index is 924. The maximum Gasteiger partial charge on any atom is 0.296 e. The van der Waals surface area contributed by atoms with Crippen LogP contribution in [0.2, 0.25) is 0 Å². The second kappa shape index (κ2) is 6.81. The van der Waals surface area contributed by atoms with Gasteiger partial charge in [0.15, 0.2) is 0 Å². The number of fused-ring (bicyclic) bond motifs is 1. The first-order valence-electron chi connectivity index (χ1n) is 8.10. The van der Waals surface area contributed by atoms with E-state index in [0.717, 1.165) is 10.9 Å². The first kappa shape index (κ1) is 16.8. The number of amides is 1. The van der Waals surface area contributed by atoms with Gasteiger partial charge in [-0.2, -0.15) is 0 Å². The Morgan fingerprint density at radius 3 is 2.36 bits per heavy atom. The van der Waals surface area contributed by atoms with Crippen molar-refractivity contribution in [3.63, 3.8) is 0 Å². The number of carbonyl (C=O) groups is 2. The molecule has 128 valence electrons. The molecule has 0 fully saturated rings. The van der Waals surface area contributed by atoms with Crippen LogP contribution in [0.1, 0.15) is 30.2 Å². The molecule has 0 aliphatic carbocycles. The zero-order chi connectivity index (χ0) is 18.0. The first-order valence-corrected chi connectivity index (χ1v) is 8.10. The summed E-state index contributed by atoms with van der Waals surface area (Å²) in [7, 11) is 1.57. The fraction of sp³-hybridized carbons (Fsp3) is 0.200. The Balaban J connectivity index is 1.89. The van der Waals surface area contributed by atoms with Crippen LogP contribution in [0.15, 0.2) is 54.7 Å². The van der Waals surface area contributed by atoms with Gasteiger partial charge in [0.25, 0.3) is 11.7 Å². The third kappa shape index (κ3) is 3.26. The SMILES string of the molecule is COc1ccc(NC(=O)C(=O)c2cn(C(C)C)c3ccccc23)cc1. The van der Waals surface area contributed by atoms with E-state index in [9.17, 15) is 9.59 Å². The molecule has 2 aromatic carbocycles.